The number of benzene rings is 2. The van der Waals surface area contributed by atoms with E-state index in [-0.39, 0.29) is 4.90 Å². The molecule has 0 radical (unpaired) electrons. The summed E-state index contributed by atoms with van der Waals surface area (Å²) < 4.78 is 40.6. The normalized spacial score (nSPS) is 17.3. The number of halogens is 1. The fraction of sp³-hybridized carbons (Fsp3) is 0.333. The molecule has 0 bridgehead atoms. The molecular weight excluding hydrogens is 327 g/mol. The standard InChI is InChI=1S/C18H21FN2O2S/c1-20-12-14-5-2-4-13-10-16(8-9-18(13)14)21-24(22,23)17-7-3-6-15(19)11-17/h3,6-11,14,20-21H,2,4-5,12H2,1H3/t14-/m0/s1. The molecule has 24 heavy (non-hydrogen) atoms. The van der Waals surface area contributed by atoms with E-state index in [9.17, 15) is 12.8 Å². The SMILES string of the molecule is CNC[C@@H]1CCCc2cc(NS(=O)(=O)c3cccc(F)c3)ccc21. The predicted octanol–water partition coefficient (Wildman–Crippen LogP) is 3.27. The van der Waals surface area contributed by atoms with E-state index in [0.29, 0.717) is 11.6 Å². The maximum Gasteiger partial charge on any atom is 0.261 e. The lowest BCUT2D eigenvalue weighted by Gasteiger charge is -2.26. The second-order valence-corrected chi connectivity index (χ2v) is 7.81. The van der Waals surface area contributed by atoms with E-state index in [0.717, 1.165) is 31.9 Å². The number of rotatable bonds is 5. The van der Waals surface area contributed by atoms with Gasteiger partial charge in [-0.15, -0.1) is 0 Å². The number of hydrogen-bond acceptors (Lipinski definition) is 3. The third-order valence-electron chi connectivity index (χ3n) is 4.39. The van der Waals surface area contributed by atoms with Gasteiger partial charge in [0.1, 0.15) is 5.82 Å². The van der Waals surface area contributed by atoms with E-state index in [1.807, 2.05) is 19.2 Å². The van der Waals surface area contributed by atoms with Gasteiger partial charge in [-0.3, -0.25) is 4.72 Å². The first-order chi connectivity index (χ1) is 11.5. The maximum absolute atomic E-state index is 13.3. The number of fused-ring (bicyclic) bond motifs is 1. The molecule has 0 fully saturated rings. The van der Waals surface area contributed by atoms with Crippen molar-refractivity contribution in [2.75, 3.05) is 18.3 Å². The van der Waals surface area contributed by atoms with Crippen LogP contribution >= 0.6 is 0 Å². The van der Waals surface area contributed by atoms with Crippen LogP contribution in [0.1, 0.15) is 29.9 Å². The molecule has 128 valence electrons. The highest BCUT2D eigenvalue weighted by Crippen LogP contribution is 2.33. The van der Waals surface area contributed by atoms with E-state index in [1.54, 1.807) is 6.07 Å². The molecule has 0 spiro atoms. The molecule has 1 atom stereocenters. The number of anilines is 1. The van der Waals surface area contributed by atoms with Gasteiger partial charge in [0.05, 0.1) is 4.90 Å². The quantitative estimate of drug-likeness (QED) is 0.872. The van der Waals surface area contributed by atoms with Gasteiger partial charge in [-0.25, -0.2) is 12.8 Å². The minimum absolute atomic E-state index is 0.0757. The third kappa shape index (κ3) is 3.60. The number of aryl methyl sites for hydroxylation is 1. The minimum Gasteiger partial charge on any atom is -0.319 e. The van der Waals surface area contributed by atoms with Crippen molar-refractivity contribution in [3.8, 4) is 0 Å². The van der Waals surface area contributed by atoms with Crippen LogP contribution in [0.15, 0.2) is 47.4 Å². The summed E-state index contributed by atoms with van der Waals surface area (Å²) in [4.78, 5) is -0.0757. The van der Waals surface area contributed by atoms with Gasteiger partial charge in [-0.05, 0) is 73.7 Å². The molecule has 0 unspecified atom stereocenters. The summed E-state index contributed by atoms with van der Waals surface area (Å²) in [6, 6.07) is 10.7. The first-order valence-corrected chi connectivity index (χ1v) is 9.54. The number of hydrogen-bond donors (Lipinski definition) is 2. The van der Waals surface area contributed by atoms with Crippen LogP contribution in [0.25, 0.3) is 0 Å². The maximum atomic E-state index is 13.3. The number of nitrogens with one attached hydrogen (secondary N) is 2. The molecule has 2 aromatic carbocycles. The molecular formula is C18H21FN2O2S. The molecule has 0 saturated carbocycles. The smallest absolute Gasteiger partial charge is 0.261 e. The fourth-order valence-corrected chi connectivity index (χ4v) is 4.37. The molecule has 0 amide bonds. The average molecular weight is 348 g/mol. The Morgan fingerprint density at radius 3 is 2.79 bits per heavy atom. The molecule has 2 aromatic rings. The molecule has 0 saturated heterocycles. The van der Waals surface area contributed by atoms with Crippen molar-refractivity contribution in [3.05, 3.63) is 59.4 Å². The molecule has 2 N–H and O–H groups in total. The van der Waals surface area contributed by atoms with Crippen molar-refractivity contribution in [1.82, 2.24) is 5.32 Å². The second kappa shape index (κ2) is 6.91. The van der Waals surface area contributed by atoms with Crippen molar-refractivity contribution >= 4 is 15.7 Å². The molecule has 6 heteroatoms. The minimum atomic E-state index is -3.79. The van der Waals surface area contributed by atoms with Crippen molar-refractivity contribution in [3.63, 3.8) is 0 Å². The van der Waals surface area contributed by atoms with Gasteiger partial charge in [0, 0.05) is 12.2 Å². The van der Waals surface area contributed by atoms with E-state index in [2.05, 4.69) is 10.0 Å². The first-order valence-electron chi connectivity index (χ1n) is 8.05. The Balaban J connectivity index is 1.86. The molecule has 3 rings (SSSR count). The van der Waals surface area contributed by atoms with Gasteiger partial charge in [-0.2, -0.15) is 0 Å². The van der Waals surface area contributed by atoms with Crippen LogP contribution in [-0.2, 0) is 16.4 Å². The Morgan fingerprint density at radius 2 is 2.04 bits per heavy atom. The lowest BCUT2D eigenvalue weighted by atomic mass is 9.82. The van der Waals surface area contributed by atoms with E-state index < -0.39 is 15.8 Å². The average Bonchev–Trinajstić information content (AvgIpc) is 2.55. The summed E-state index contributed by atoms with van der Waals surface area (Å²) in [6.07, 6.45) is 3.19. The zero-order chi connectivity index (χ0) is 17.2. The van der Waals surface area contributed by atoms with Gasteiger partial charge >= 0.3 is 0 Å². The molecule has 4 nitrogen and oxygen atoms in total. The Morgan fingerprint density at radius 1 is 1.21 bits per heavy atom. The van der Waals surface area contributed by atoms with Gasteiger partial charge in [-0.1, -0.05) is 12.1 Å². The summed E-state index contributed by atoms with van der Waals surface area (Å²) in [5.41, 5.74) is 2.98. The van der Waals surface area contributed by atoms with Crippen molar-refractivity contribution < 1.29 is 12.8 Å². The lowest BCUT2D eigenvalue weighted by molar-refractivity contribution is 0.529. The predicted molar refractivity (Wildman–Crippen MR) is 93.3 cm³/mol. The Bertz CT molecular complexity index is 837. The fourth-order valence-electron chi connectivity index (χ4n) is 3.29. The monoisotopic (exact) mass is 348 g/mol. The lowest BCUT2D eigenvalue weighted by Crippen LogP contribution is -2.21. The highest BCUT2D eigenvalue weighted by molar-refractivity contribution is 7.92. The van der Waals surface area contributed by atoms with Crippen LogP contribution in [0.4, 0.5) is 10.1 Å². The van der Waals surface area contributed by atoms with Gasteiger partial charge in [0.25, 0.3) is 10.0 Å². The van der Waals surface area contributed by atoms with Crippen LogP contribution < -0.4 is 10.0 Å². The number of sulfonamides is 1. The Labute approximate surface area is 142 Å². The summed E-state index contributed by atoms with van der Waals surface area (Å²) in [5.74, 6) is -0.106. The van der Waals surface area contributed by atoms with Crippen LogP contribution in [-0.4, -0.2) is 22.0 Å². The highest BCUT2D eigenvalue weighted by Gasteiger charge is 2.21. The Hall–Kier alpha value is -1.92. The number of likely N-dealkylation sites (N-methyl/N-ethyl adjacent to an activating group) is 1. The van der Waals surface area contributed by atoms with Crippen LogP contribution in [0.3, 0.4) is 0 Å². The van der Waals surface area contributed by atoms with Crippen LogP contribution in [0.2, 0.25) is 0 Å². The van der Waals surface area contributed by atoms with Crippen molar-refractivity contribution in [2.45, 2.75) is 30.1 Å². The molecule has 0 aromatic heterocycles. The summed E-state index contributed by atoms with van der Waals surface area (Å²) in [5, 5.41) is 3.21. The zero-order valence-electron chi connectivity index (χ0n) is 13.5. The summed E-state index contributed by atoms with van der Waals surface area (Å²) >= 11 is 0. The zero-order valence-corrected chi connectivity index (χ0v) is 14.4. The largest absolute Gasteiger partial charge is 0.319 e. The van der Waals surface area contributed by atoms with Crippen molar-refractivity contribution in [2.24, 2.45) is 0 Å². The molecule has 0 heterocycles. The molecule has 1 aliphatic carbocycles. The Kier molecular flexibility index (Phi) is 4.87. The van der Waals surface area contributed by atoms with Crippen molar-refractivity contribution in [1.29, 1.82) is 0 Å². The van der Waals surface area contributed by atoms with Gasteiger partial charge in [0.15, 0.2) is 0 Å². The highest BCUT2D eigenvalue weighted by atomic mass is 32.2. The first kappa shape index (κ1) is 16.9. The third-order valence-corrected chi connectivity index (χ3v) is 5.77. The second-order valence-electron chi connectivity index (χ2n) is 6.12. The van der Waals surface area contributed by atoms with E-state index in [1.165, 1.54) is 29.3 Å². The van der Waals surface area contributed by atoms with Gasteiger partial charge < -0.3 is 5.32 Å². The topological polar surface area (TPSA) is 58.2 Å². The van der Waals surface area contributed by atoms with E-state index >= 15 is 0 Å². The molecule has 1 aliphatic rings. The van der Waals surface area contributed by atoms with Crippen LogP contribution in [0, 0.1) is 5.82 Å². The van der Waals surface area contributed by atoms with Crippen LogP contribution in [0.5, 0.6) is 0 Å². The summed E-state index contributed by atoms with van der Waals surface area (Å²) in [7, 11) is -1.85. The van der Waals surface area contributed by atoms with E-state index in [4.69, 9.17) is 0 Å². The van der Waals surface area contributed by atoms with Gasteiger partial charge in [0.2, 0.25) is 0 Å². The summed E-state index contributed by atoms with van der Waals surface area (Å²) in [6.45, 7) is 0.918. The molecule has 0 aliphatic heterocycles.